The normalized spacial score (nSPS) is 11.7. The minimum absolute atomic E-state index is 0. The lowest BCUT2D eigenvalue weighted by Gasteiger charge is -2.30. The molecule has 0 radical (unpaired) electrons. The van der Waals surface area contributed by atoms with E-state index in [4.69, 9.17) is 18.9 Å². The number of rotatable bonds is 25. The lowest BCUT2D eigenvalue weighted by atomic mass is 10.1. The average molecular weight is 678 g/mol. The number of halogens is 2. The maximum atomic E-state index is 11.9. The van der Waals surface area contributed by atoms with Crippen LogP contribution in [0.15, 0.2) is 12.2 Å². The Labute approximate surface area is 253 Å². The number of quaternary nitrogens is 2. The lowest BCUT2D eigenvalue weighted by molar-refractivity contribution is -0.887. The summed E-state index contributed by atoms with van der Waals surface area (Å²) in [5.41, 5.74) is 0. The molecule has 228 valence electrons. The van der Waals surface area contributed by atoms with E-state index in [-0.39, 0.29) is 58.9 Å². The Balaban J connectivity index is -0.00000612. The molecular weight excluding hydrogens is 622 g/mol. The molecule has 0 rings (SSSR count). The molecule has 1 amide bonds. The van der Waals surface area contributed by atoms with Crippen LogP contribution in [0, 0.1) is 0 Å². The zero-order valence-electron chi connectivity index (χ0n) is 24.8. The van der Waals surface area contributed by atoms with Gasteiger partial charge in [0.05, 0.1) is 80.8 Å². The van der Waals surface area contributed by atoms with E-state index in [1.807, 2.05) is 13.8 Å². The average Bonchev–Trinajstić information content (AvgIpc) is 2.82. The molecule has 0 atom stereocenters. The number of ether oxygens (including phenoxy) is 4. The largest absolute Gasteiger partial charge is 1.00 e. The number of amides is 1. The summed E-state index contributed by atoms with van der Waals surface area (Å²) in [6.45, 7) is 12.1. The van der Waals surface area contributed by atoms with E-state index in [1.165, 1.54) is 0 Å². The van der Waals surface area contributed by atoms with Crippen molar-refractivity contribution < 1.29 is 71.5 Å². The van der Waals surface area contributed by atoms with Crippen LogP contribution in [0.3, 0.4) is 0 Å². The molecule has 0 spiro atoms. The van der Waals surface area contributed by atoms with Crippen molar-refractivity contribution in [1.29, 1.82) is 0 Å². The van der Waals surface area contributed by atoms with Crippen molar-refractivity contribution in [1.82, 2.24) is 5.32 Å². The number of nitrogens with zero attached hydrogens (tertiary/aromatic N) is 2. The summed E-state index contributed by atoms with van der Waals surface area (Å²) >= 11 is 0. The van der Waals surface area contributed by atoms with Gasteiger partial charge < -0.3 is 67.2 Å². The maximum Gasteiger partial charge on any atom is 0.246 e. The third-order valence-corrected chi connectivity index (χ3v) is 5.75. The Morgan fingerprint density at radius 3 is 1.68 bits per heavy atom. The van der Waals surface area contributed by atoms with Crippen LogP contribution in [0.25, 0.3) is 0 Å². The topological polar surface area (TPSA) is 83.1 Å². The third-order valence-electron chi connectivity index (χ3n) is 5.75. The van der Waals surface area contributed by atoms with Crippen molar-refractivity contribution in [3.05, 3.63) is 12.2 Å². The maximum absolute atomic E-state index is 11.9. The summed E-state index contributed by atoms with van der Waals surface area (Å²) in [4.78, 5) is 23.7. The fourth-order valence-corrected chi connectivity index (χ4v) is 3.50. The van der Waals surface area contributed by atoms with Gasteiger partial charge >= 0.3 is 0 Å². The van der Waals surface area contributed by atoms with E-state index in [0.717, 1.165) is 54.4 Å². The van der Waals surface area contributed by atoms with Crippen LogP contribution in [-0.4, -0.2) is 134 Å². The van der Waals surface area contributed by atoms with Gasteiger partial charge in [-0.25, -0.2) is 0 Å². The fourth-order valence-electron chi connectivity index (χ4n) is 3.50. The highest BCUT2D eigenvalue weighted by molar-refractivity contribution is 5.79. The molecule has 0 aliphatic heterocycles. The van der Waals surface area contributed by atoms with Gasteiger partial charge in [-0.15, -0.1) is 0 Å². The summed E-state index contributed by atoms with van der Waals surface area (Å²) < 4.78 is 22.8. The van der Waals surface area contributed by atoms with Gasteiger partial charge in [0.25, 0.3) is 0 Å². The number of unbranched alkanes of at least 4 members (excludes halogenated alkanes) is 1. The van der Waals surface area contributed by atoms with Crippen LogP contribution >= 0.6 is 0 Å². The zero-order valence-corrected chi connectivity index (χ0v) is 27.9. The van der Waals surface area contributed by atoms with Gasteiger partial charge in [-0.3, -0.25) is 9.59 Å². The van der Waals surface area contributed by atoms with Crippen LogP contribution in [0.2, 0.25) is 0 Å². The molecule has 0 heterocycles. The number of hydrogen-bond acceptors (Lipinski definition) is 6. The summed E-state index contributed by atoms with van der Waals surface area (Å²) in [6, 6.07) is 0. The van der Waals surface area contributed by atoms with Crippen molar-refractivity contribution in [3.63, 3.8) is 0 Å². The molecule has 0 fully saturated rings. The van der Waals surface area contributed by atoms with E-state index < -0.39 is 0 Å². The molecule has 1 N–H and O–H groups in total. The van der Waals surface area contributed by atoms with Gasteiger partial charge in [-0.2, -0.15) is 0 Å². The smallest absolute Gasteiger partial charge is 0.246 e. The molecule has 0 aromatic heterocycles. The first kappa shape index (κ1) is 42.1. The number of hydrogen-bond donors (Lipinski definition) is 1. The number of carbonyl (C=O) groups excluding carboxylic acids is 2. The molecule has 0 aromatic carbocycles. The van der Waals surface area contributed by atoms with E-state index in [0.29, 0.717) is 52.6 Å². The molecule has 0 aliphatic carbocycles. The lowest BCUT2D eigenvalue weighted by Crippen LogP contribution is -3.00. The Bertz CT molecular complexity index is 557. The number of carbonyl (C=O) groups is 2. The Morgan fingerprint density at radius 1 is 0.684 bits per heavy atom. The van der Waals surface area contributed by atoms with Crippen LogP contribution in [0.5, 0.6) is 0 Å². The highest BCUT2D eigenvalue weighted by atomic mass is 79.9. The Hall–Kier alpha value is -0.400. The highest BCUT2D eigenvalue weighted by Crippen LogP contribution is 2.06. The second-order valence-electron chi connectivity index (χ2n) is 10.4. The van der Waals surface area contributed by atoms with Crippen molar-refractivity contribution in [2.75, 3.05) is 114 Å². The molecule has 38 heavy (non-hydrogen) atoms. The number of Topliss-reactive ketones (excluding diaryl/α,β-unsaturated/α-hetero) is 1. The predicted octanol–water partition coefficient (Wildman–Crippen LogP) is -3.94. The number of likely N-dealkylation sites (N-methyl/N-ethyl adjacent to an activating group) is 2. The van der Waals surface area contributed by atoms with Gasteiger partial charge in [-0.05, 0) is 38.8 Å². The van der Waals surface area contributed by atoms with Crippen LogP contribution in [-0.2, 0) is 28.5 Å². The van der Waals surface area contributed by atoms with E-state index in [9.17, 15) is 9.59 Å². The first-order valence-electron chi connectivity index (χ1n) is 13.5. The fraction of sp³-hybridized carbons (Fsp3) is 0.852. The van der Waals surface area contributed by atoms with Crippen LogP contribution in [0.4, 0.5) is 0 Å². The van der Waals surface area contributed by atoms with Crippen molar-refractivity contribution >= 4 is 11.7 Å². The van der Waals surface area contributed by atoms with Crippen molar-refractivity contribution in [2.24, 2.45) is 0 Å². The van der Waals surface area contributed by atoms with Crippen molar-refractivity contribution in [2.45, 2.75) is 39.5 Å². The monoisotopic (exact) mass is 675 g/mol. The molecule has 11 heteroatoms. The molecule has 0 unspecified atom stereocenters. The molecule has 0 aromatic rings. The quantitative estimate of drug-likeness (QED) is 0.0605. The minimum Gasteiger partial charge on any atom is -1.00 e. The van der Waals surface area contributed by atoms with E-state index in [1.54, 1.807) is 0 Å². The highest BCUT2D eigenvalue weighted by Gasteiger charge is 2.15. The predicted molar refractivity (Wildman–Crippen MR) is 144 cm³/mol. The van der Waals surface area contributed by atoms with Gasteiger partial charge in [0, 0.05) is 32.6 Å². The summed E-state index contributed by atoms with van der Waals surface area (Å²) in [5, 5.41) is 2.91. The standard InChI is InChI=1S/C27H54N3O6.2BrH/c1-7-33-20-22-35-24-26(31)14-9-10-16-29(3,4)17-11-12-18-30(5,6)19-13-15-28-27(32)25-36-23-21-34-8-2;;/h11-12H,7-10,13-25H2,1-6H3;2*1H/q+1;;/p-1/b12-11+;;. The van der Waals surface area contributed by atoms with Gasteiger partial charge in [-0.1, -0.05) is 0 Å². The van der Waals surface area contributed by atoms with Crippen LogP contribution < -0.4 is 39.3 Å². The number of ketones is 1. The summed E-state index contributed by atoms with van der Waals surface area (Å²) in [7, 11) is 8.87. The Kier molecular flexibility index (Phi) is 29.7. The minimum atomic E-state index is -0.0769. The van der Waals surface area contributed by atoms with Gasteiger partial charge in [0.2, 0.25) is 5.91 Å². The Morgan fingerprint density at radius 2 is 1.16 bits per heavy atom. The van der Waals surface area contributed by atoms with Gasteiger partial charge in [0.15, 0.2) is 5.78 Å². The number of nitrogens with one attached hydrogen (secondary N) is 1. The second-order valence-corrected chi connectivity index (χ2v) is 10.4. The molecule has 0 bridgehead atoms. The second kappa shape index (κ2) is 26.8. The van der Waals surface area contributed by atoms with Crippen molar-refractivity contribution in [3.8, 4) is 0 Å². The zero-order chi connectivity index (χ0) is 27.1. The molecule has 9 nitrogen and oxygen atoms in total. The van der Waals surface area contributed by atoms with E-state index >= 15 is 0 Å². The third kappa shape index (κ3) is 28.6. The first-order valence-corrected chi connectivity index (χ1v) is 13.5. The first-order chi connectivity index (χ1) is 17.1. The van der Waals surface area contributed by atoms with E-state index in [2.05, 4.69) is 45.7 Å². The SMILES string of the molecule is CCOCCOCC(=O)CCCC[N+](C)(C)C/C=C/C[N+](C)(C)CCCNC(=O)COCCOCC.[Br-].[Br-]. The molecular formula is C27H55Br2N3O6. The molecule has 0 saturated carbocycles. The molecule has 0 saturated heterocycles. The van der Waals surface area contributed by atoms with Gasteiger partial charge in [0.1, 0.15) is 13.2 Å². The van der Waals surface area contributed by atoms with Crippen LogP contribution in [0.1, 0.15) is 39.5 Å². The molecule has 0 aliphatic rings. The summed E-state index contributed by atoms with van der Waals surface area (Å²) in [5.74, 6) is 0.0917. The summed E-state index contributed by atoms with van der Waals surface area (Å²) in [6.07, 6.45) is 7.95.